The lowest BCUT2D eigenvalue weighted by atomic mass is 9.90. The zero-order valence-corrected chi connectivity index (χ0v) is 12.4. The summed E-state index contributed by atoms with van der Waals surface area (Å²) in [4.78, 5) is 12.4. The Morgan fingerprint density at radius 1 is 1.35 bits per heavy atom. The molecule has 0 radical (unpaired) electrons. The van der Waals surface area contributed by atoms with Crippen LogP contribution in [0.1, 0.15) is 36.5 Å². The maximum atomic E-state index is 12.4. The molecule has 1 saturated heterocycles. The summed E-state index contributed by atoms with van der Waals surface area (Å²) in [6.45, 7) is 3.24. The molecule has 4 heteroatoms. The molecule has 1 heterocycles. The van der Waals surface area contributed by atoms with Crippen molar-refractivity contribution < 1.29 is 14.3 Å². The van der Waals surface area contributed by atoms with E-state index in [-0.39, 0.29) is 11.8 Å². The second-order valence-corrected chi connectivity index (χ2v) is 5.47. The van der Waals surface area contributed by atoms with Gasteiger partial charge >= 0.3 is 0 Å². The molecule has 1 aliphatic heterocycles. The largest absolute Gasteiger partial charge is 0.497 e. The number of ketones is 1. The van der Waals surface area contributed by atoms with Gasteiger partial charge in [0.05, 0.1) is 19.8 Å². The van der Waals surface area contributed by atoms with Gasteiger partial charge < -0.3 is 14.8 Å². The molecule has 0 saturated carbocycles. The monoisotopic (exact) mass is 277 g/mol. The predicted octanol–water partition coefficient (Wildman–Crippen LogP) is 2.66. The summed E-state index contributed by atoms with van der Waals surface area (Å²) in [5.74, 6) is 2.09. The van der Waals surface area contributed by atoms with Crippen LogP contribution in [0, 0.1) is 5.92 Å². The first kappa shape index (κ1) is 14.9. The fourth-order valence-corrected chi connectivity index (χ4v) is 2.74. The molecule has 1 fully saturated rings. The first-order valence-electron chi connectivity index (χ1n) is 7.12. The summed E-state index contributed by atoms with van der Waals surface area (Å²) in [7, 11) is 3.18. The van der Waals surface area contributed by atoms with Crippen LogP contribution in [-0.4, -0.2) is 32.6 Å². The van der Waals surface area contributed by atoms with E-state index in [2.05, 4.69) is 12.2 Å². The van der Waals surface area contributed by atoms with Crippen molar-refractivity contribution in [1.29, 1.82) is 0 Å². The number of methoxy groups -OCH3 is 2. The lowest BCUT2D eigenvalue weighted by Crippen LogP contribution is -2.38. The zero-order chi connectivity index (χ0) is 14.5. The number of hydrogen-bond acceptors (Lipinski definition) is 4. The van der Waals surface area contributed by atoms with Gasteiger partial charge in [0.2, 0.25) is 0 Å². The van der Waals surface area contributed by atoms with Crippen molar-refractivity contribution in [3.63, 3.8) is 0 Å². The highest BCUT2D eigenvalue weighted by Gasteiger charge is 2.23. The van der Waals surface area contributed by atoms with Crippen LogP contribution in [0.5, 0.6) is 11.5 Å². The fraction of sp³-hybridized carbons (Fsp3) is 0.562. The van der Waals surface area contributed by atoms with Crippen LogP contribution in [0.3, 0.4) is 0 Å². The van der Waals surface area contributed by atoms with Crippen molar-refractivity contribution in [3.8, 4) is 11.5 Å². The molecular formula is C16H23NO3. The first-order valence-corrected chi connectivity index (χ1v) is 7.12. The third-order valence-electron chi connectivity index (χ3n) is 3.90. The molecule has 2 rings (SSSR count). The topological polar surface area (TPSA) is 47.6 Å². The molecule has 1 aliphatic rings. The molecule has 1 aromatic carbocycles. The quantitative estimate of drug-likeness (QED) is 0.841. The van der Waals surface area contributed by atoms with E-state index in [1.165, 1.54) is 6.42 Å². The number of piperidine rings is 1. The van der Waals surface area contributed by atoms with Crippen LogP contribution in [0.15, 0.2) is 18.2 Å². The molecule has 0 aliphatic carbocycles. The highest BCUT2D eigenvalue weighted by atomic mass is 16.5. The Hall–Kier alpha value is -1.55. The second-order valence-electron chi connectivity index (χ2n) is 5.47. The predicted molar refractivity (Wildman–Crippen MR) is 78.7 cm³/mol. The SMILES string of the molecule is COc1ccc(C(=O)CC2CC(C)CCN2)c(OC)c1. The number of benzene rings is 1. The molecule has 0 spiro atoms. The van der Waals surface area contributed by atoms with Gasteiger partial charge in [-0.15, -0.1) is 0 Å². The summed E-state index contributed by atoms with van der Waals surface area (Å²) < 4.78 is 10.4. The molecule has 1 N–H and O–H groups in total. The molecule has 2 atom stereocenters. The minimum absolute atomic E-state index is 0.121. The maximum Gasteiger partial charge on any atom is 0.168 e. The van der Waals surface area contributed by atoms with Gasteiger partial charge in [0, 0.05) is 18.5 Å². The van der Waals surface area contributed by atoms with E-state index < -0.39 is 0 Å². The minimum Gasteiger partial charge on any atom is -0.497 e. The molecule has 110 valence electrons. The molecule has 0 amide bonds. The van der Waals surface area contributed by atoms with E-state index in [1.54, 1.807) is 32.4 Å². The van der Waals surface area contributed by atoms with Crippen molar-refractivity contribution in [2.24, 2.45) is 5.92 Å². The van der Waals surface area contributed by atoms with Crippen LogP contribution in [0.4, 0.5) is 0 Å². The van der Waals surface area contributed by atoms with Crippen LogP contribution in [0.2, 0.25) is 0 Å². The van der Waals surface area contributed by atoms with Gasteiger partial charge in [-0.2, -0.15) is 0 Å². The molecule has 2 unspecified atom stereocenters. The van der Waals surface area contributed by atoms with Gasteiger partial charge in [0.25, 0.3) is 0 Å². The van der Waals surface area contributed by atoms with Gasteiger partial charge in [-0.1, -0.05) is 6.92 Å². The van der Waals surface area contributed by atoms with Crippen LogP contribution < -0.4 is 14.8 Å². The number of ether oxygens (including phenoxy) is 2. The zero-order valence-electron chi connectivity index (χ0n) is 12.4. The van der Waals surface area contributed by atoms with Crippen molar-refractivity contribution in [3.05, 3.63) is 23.8 Å². The highest BCUT2D eigenvalue weighted by Crippen LogP contribution is 2.27. The molecule has 20 heavy (non-hydrogen) atoms. The first-order chi connectivity index (χ1) is 9.63. The highest BCUT2D eigenvalue weighted by molar-refractivity contribution is 5.99. The standard InChI is InChI=1S/C16H23NO3/c1-11-6-7-17-12(8-11)9-15(18)14-5-4-13(19-2)10-16(14)20-3/h4-5,10-12,17H,6-9H2,1-3H3. The van der Waals surface area contributed by atoms with Crippen LogP contribution in [0.25, 0.3) is 0 Å². The number of hydrogen-bond donors (Lipinski definition) is 1. The van der Waals surface area contributed by atoms with Gasteiger partial charge in [0.15, 0.2) is 5.78 Å². The Balaban J connectivity index is 2.08. The Morgan fingerprint density at radius 3 is 2.80 bits per heavy atom. The number of nitrogens with one attached hydrogen (secondary N) is 1. The van der Waals surface area contributed by atoms with Gasteiger partial charge in [0.1, 0.15) is 11.5 Å². The maximum absolute atomic E-state index is 12.4. The lowest BCUT2D eigenvalue weighted by Gasteiger charge is -2.27. The summed E-state index contributed by atoms with van der Waals surface area (Å²) in [6.07, 6.45) is 2.77. The van der Waals surface area contributed by atoms with Crippen molar-refractivity contribution in [2.75, 3.05) is 20.8 Å². The lowest BCUT2D eigenvalue weighted by molar-refractivity contribution is 0.0956. The molecule has 4 nitrogen and oxygen atoms in total. The van der Waals surface area contributed by atoms with Crippen molar-refractivity contribution in [2.45, 2.75) is 32.2 Å². The Bertz CT molecular complexity index is 473. The summed E-state index contributed by atoms with van der Waals surface area (Å²) in [5, 5.41) is 3.42. The third kappa shape index (κ3) is 3.51. The van der Waals surface area contributed by atoms with Gasteiger partial charge in [-0.25, -0.2) is 0 Å². The summed E-state index contributed by atoms with van der Waals surface area (Å²) in [6, 6.07) is 5.61. The van der Waals surface area contributed by atoms with E-state index >= 15 is 0 Å². The van der Waals surface area contributed by atoms with E-state index in [0.29, 0.717) is 29.4 Å². The molecule has 1 aromatic rings. The van der Waals surface area contributed by atoms with Crippen molar-refractivity contribution in [1.82, 2.24) is 5.32 Å². The average Bonchev–Trinajstić information content (AvgIpc) is 2.46. The Kier molecular flexibility index (Phi) is 5.01. The summed E-state index contributed by atoms with van der Waals surface area (Å²) in [5.41, 5.74) is 0.633. The third-order valence-corrected chi connectivity index (χ3v) is 3.90. The smallest absolute Gasteiger partial charge is 0.168 e. The number of carbonyl (C=O) groups excluding carboxylic acids is 1. The van der Waals surface area contributed by atoms with Crippen LogP contribution >= 0.6 is 0 Å². The number of Topliss-reactive ketones (excluding diaryl/α,β-unsaturated/α-hetero) is 1. The molecule has 0 bridgehead atoms. The van der Waals surface area contributed by atoms with E-state index in [0.717, 1.165) is 13.0 Å². The molecular weight excluding hydrogens is 254 g/mol. The van der Waals surface area contributed by atoms with Gasteiger partial charge in [-0.3, -0.25) is 4.79 Å². The Labute approximate surface area is 120 Å². The van der Waals surface area contributed by atoms with Gasteiger partial charge in [-0.05, 0) is 37.4 Å². The minimum atomic E-state index is 0.121. The average molecular weight is 277 g/mol. The second kappa shape index (κ2) is 6.75. The summed E-state index contributed by atoms with van der Waals surface area (Å²) >= 11 is 0. The number of carbonyl (C=O) groups is 1. The normalized spacial score (nSPS) is 22.4. The van der Waals surface area contributed by atoms with E-state index in [9.17, 15) is 4.79 Å². The van der Waals surface area contributed by atoms with E-state index in [1.807, 2.05) is 0 Å². The van der Waals surface area contributed by atoms with Crippen LogP contribution in [-0.2, 0) is 0 Å². The number of rotatable bonds is 5. The van der Waals surface area contributed by atoms with E-state index in [4.69, 9.17) is 9.47 Å². The fourth-order valence-electron chi connectivity index (χ4n) is 2.74. The Morgan fingerprint density at radius 2 is 2.15 bits per heavy atom. The molecule has 0 aromatic heterocycles. The van der Waals surface area contributed by atoms with Crippen molar-refractivity contribution >= 4 is 5.78 Å².